The van der Waals surface area contributed by atoms with Gasteiger partial charge in [0.15, 0.2) is 5.57 Å². The fraction of sp³-hybridized carbons (Fsp3) is 0.389. The van der Waals surface area contributed by atoms with Crippen LogP contribution in [0, 0.1) is 0 Å². The average molecular weight is 344 g/mol. The second kappa shape index (κ2) is 6.58. The SMILES string of the molecule is CC1(C)OC(=O)C(=CNc2ccccc2CN2CCCC2=O)C(=O)O1. The number of hydrogen-bond acceptors (Lipinski definition) is 6. The van der Waals surface area contributed by atoms with Gasteiger partial charge in [-0.15, -0.1) is 0 Å². The zero-order chi connectivity index (χ0) is 18.0. The van der Waals surface area contributed by atoms with Gasteiger partial charge in [0.1, 0.15) is 0 Å². The molecule has 2 fully saturated rings. The van der Waals surface area contributed by atoms with E-state index in [-0.39, 0.29) is 11.5 Å². The Kier molecular flexibility index (Phi) is 4.48. The number of nitrogens with zero attached hydrogens (tertiary/aromatic N) is 1. The Labute approximate surface area is 145 Å². The number of ether oxygens (including phenoxy) is 2. The molecule has 0 aromatic heterocycles. The molecule has 1 amide bonds. The van der Waals surface area contributed by atoms with E-state index in [1.54, 1.807) is 4.90 Å². The van der Waals surface area contributed by atoms with Gasteiger partial charge in [0, 0.05) is 45.2 Å². The van der Waals surface area contributed by atoms with E-state index in [9.17, 15) is 14.4 Å². The first-order valence-corrected chi connectivity index (χ1v) is 8.15. The van der Waals surface area contributed by atoms with Gasteiger partial charge in [-0.3, -0.25) is 4.79 Å². The second-order valence-electron chi connectivity index (χ2n) is 6.46. The standard InChI is InChI=1S/C18H20N2O5/c1-18(2)24-16(22)13(17(23)25-18)10-19-14-7-4-3-6-12(14)11-20-9-5-8-15(20)21/h3-4,6-7,10,19H,5,8-9,11H2,1-2H3. The van der Waals surface area contributed by atoms with Crippen molar-refractivity contribution in [1.29, 1.82) is 0 Å². The number of cyclic esters (lactones) is 2. The molecule has 0 spiro atoms. The van der Waals surface area contributed by atoms with Crippen LogP contribution in [-0.4, -0.2) is 35.1 Å². The average Bonchev–Trinajstić information content (AvgIpc) is 2.92. The fourth-order valence-electron chi connectivity index (χ4n) is 2.80. The van der Waals surface area contributed by atoms with E-state index in [2.05, 4.69) is 5.32 Å². The van der Waals surface area contributed by atoms with Gasteiger partial charge in [0.05, 0.1) is 0 Å². The third kappa shape index (κ3) is 3.81. The van der Waals surface area contributed by atoms with Crippen molar-refractivity contribution >= 4 is 23.5 Å². The normalized spacial score (nSPS) is 19.5. The van der Waals surface area contributed by atoms with Crippen LogP contribution < -0.4 is 5.32 Å². The third-order valence-electron chi connectivity index (χ3n) is 4.04. The molecule has 0 unspecified atom stereocenters. The zero-order valence-corrected chi connectivity index (χ0v) is 14.2. The number of rotatable bonds is 4. The fourth-order valence-corrected chi connectivity index (χ4v) is 2.80. The summed E-state index contributed by atoms with van der Waals surface area (Å²) in [7, 11) is 0. The first-order valence-electron chi connectivity index (χ1n) is 8.15. The Morgan fingerprint density at radius 1 is 1.16 bits per heavy atom. The molecule has 1 N–H and O–H groups in total. The van der Waals surface area contributed by atoms with Gasteiger partial charge in [-0.25, -0.2) is 9.59 Å². The Morgan fingerprint density at radius 3 is 2.48 bits per heavy atom. The maximum atomic E-state index is 12.0. The monoisotopic (exact) mass is 344 g/mol. The number of anilines is 1. The van der Waals surface area contributed by atoms with E-state index in [1.165, 1.54) is 20.0 Å². The molecule has 0 atom stereocenters. The van der Waals surface area contributed by atoms with Gasteiger partial charge >= 0.3 is 11.9 Å². The largest absolute Gasteiger partial charge is 0.419 e. The topological polar surface area (TPSA) is 84.9 Å². The lowest BCUT2D eigenvalue weighted by atomic mass is 10.1. The van der Waals surface area contributed by atoms with E-state index in [1.807, 2.05) is 24.3 Å². The molecule has 7 heteroatoms. The van der Waals surface area contributed by atoms with Crippen LogP contribution in [0.1, 0.15) is 32.3 Å². The highest BCUT2D eigenvalue weighted by molar-refractivity contribution is 6.15. The maximum Gasteiger partial charge on any atom is 0.350 e. The van der Waals surface area contributed by atoms with Crippen LogP contribution in [0.5, 0.6) is 0 Å². The molecule has 7 nitrogen and oxygen atoms in total. The van der Waals surface area contributed by atoms with Crippen molar-refractivity contribution in [2.24, 2.45) is 0 Å². The minimum absolute atomic E-state index is 0.134. The molecule has 0 aliphatic carbocycles. The second-order valence-corrected chi connectivity index (χ2v) is 6.46. The minimum atomic E-state index is -1.26. The van der Waals surface area contributed by atoms with Crippen LogP contribution >= 0.6 is 0 Å². The van der Waals surface area contributed by atoms with Crippen molar-refractivity contribution in [2.75, 3.05) is 11.9 Å². The van der Waals surface area contributed by atoms with Gasteiger partial charge in [-0.05, 0) is 18.1 Å². The van der Waals surface area contributed by atoms with Gasteiger partial charge < -0.3 is 19.7 Å². The molecule has 1 aromatic rings. The lowest BCUT2D eigenvalue weighted by Gasteiger charge is -2.29. The number of para-hydroxylation sites is 1. The minimum Gasteiger partial charge on any atom is -0.419 e. The Morgan fingerprint density at radius 2 is 1.84 bits per heavy atom. The Balaban J connectivity index is 1.76. The number of likely N-dealkylation sites (tertiary alicyclic amines) is 1. The molecule has 25 heavy (non-hydrogen) atoms. The summed E-state index contributed by atoms with van der Waals surface area (Å²) in [5.41, 5.74) is 1.40. The molecular formula is C18H20N2O5. The van der Waals surface area contributed by atoms with E-state index < -0.39 is 17.7 Å². The van der Waals surface area contributed by atoms with E-state index in [0.29, 0.717) is 18.7 Å². The van der Waals surface area contributed by atoms with Crippen LogP contribution in [0.15, 0.2) is 36.0 Å². The number of amides is 1. The van der Waals surface area contributed by atoms with Crippen LogP contribution in [0.25, 0.3) is 0 Å². The zero-order valence-electron chi connectivity index (χ0n) is 14.2. The summed E-state index contributed by atoms with van der Waals surface area (Å²) in [6.07, 6.45) is 2.73. The number of hydrogen-bond donors (Lipinski definition) is 1. The van der Waals surface area contributed by atoms with Crippen molar-refractivity contribution < 1.29 is 23.9 Å². The summed E-state index contributed by atoms with van der Waals surface area (Å²) in [5.74, 6) is -2.60. The maximum absolute atomic E-state index is 12.0. The quantitative estimate of drug-likeness (QED) is 0.510. The summed E-state index contributed by atoms with van der Waals surface area (Å²) < 4.78 is 10.1. The van der Waals surface area contributed by atoms with Crippen LogP contribution in [0.3, 0.4) is 0 Å². The predicted octanol–water partition coefficient (Wildman–Crippen LogP) is 1.94. The lowest BCUT2D eigenvalue weighted by molar-refractivity contribution is -0.222. The van der Waals surface area contributed by atoms with Gasteiger partial charge in [0.2, 0.25) is 5.91 Å². The smallest absolute Gasteiger partial charge is 0.350 e. The molecule has 2 aliphatic rings. The summed E-state index contributed by atoms with van der Waals surface area (Å²) in [6, 6.07) is 7.42. The van der Waals surface area contributed by atoms with E-state index in [4.69, 9.17) is 9.47 Å². The highest BCUT2D eigenvalue weighted by atomic mass is 16.7. The summed E-state index contributed by atoms with van der Waals surface area (Å²) in [5, 5.41) is 2.96. The number of esters is 2. The first-order chi connectivity index (χ1) is 11.9. The molecule has 2 aliphatic heterocycles. The summed E-state index contributed by atoms with van der Waals surface area (Å²) >= 11 is 0. The molecule has 1 aromatic carbocycles. The van der Waals surface area contributed by atoms with Crippen molar-refractivity contribution in [3.8, 4) is 0 Å². The summed E-state index contributed by atoms with van der Waals surface area (Å²) in [4.78, 5) is 37.5. The van der Waals surface area contributed by atoms with E-state index >= 15 is 0 Å². The third-order valence-corrected chi connectivity index (χ3v) is 4.04. The number of carbonyl (C=O) groups is 3. The first kappa shape index (κ1) is 17.0. The van der Waals surface area contributed by atoms with Crippen molar-refractivity contribution in [3.05, 3.63) is 41.6 Å². The highest BCUT2D eigenvalue weighted by Gasteiger charge is 2.39. The molecule has 2 saturated heterocycles. The molecule has 3 rings (SSSR count). The molecule has 0 radical (unpaired) electrons. The molecule has 2 heterocycles. The van der Waals surface area contributed by atoms with Gasteiger partial charge in [0.25, 0.3) is 5.79 Å². The van der Waals surface area contributed by atoms with Gasteiger partial charge in [-0.2, -0.15) is 0 Å². The number of nitrogens with one attached hydrogen (secondary N) is 1. The molecular weight excluding hydrogens is 324 g/mol. The van der Waals surface area contributed by atoms with Crippen molar-refractivity contribution in [1.82, 2.24) is 4.90 Å². The van der Waals surface area contributed by atoms with Crippen LogP contribution in [0.4, 0.5) is 5.69 Å². The summed E-state index contributed by atoms with van der Waals surface area (Å²) in [6.45, 7) is 4.21. The molecule has 132 valence electrons. The van der Waals surface area contributed by atoms with Crippen molar-refractivity contribution in [3.63, 3.8) is 0 Å². The lowest BCUT2D eigenvalue weighted by Crippen LogP contribution is -2.42. The molecule has 0 bridgehead atoms. The van der Waals surface area contributed by atoms with Crippen LogP contribution in [-0.2, 0) is 30.4 Å². The van der Waals surface area contributed by atoms with Gasteiger partial charge in [-0.1, -0.05) is 18.2 Å². The molecule has 0 saturated carbocycles. The van der Waals surface area contributed by atoms with Crippen LogP contribution in [0.2, 0.25) is 0 Å². The predicted molar refractivity (Wildman–Crippen MR) is 89.1 cm³/mol. The number of benzene rings is 1. The Bertz CT molecular complexity index is 732. The van der Waals surface area contributed by atoms with Crippen molar-refractivity contribution in [2.45, 2.75) is 39.0 Å². The Hall–Kier alpha value is -2.83. The highest BCUT2D eigenvalue weighted by Crippen LogP contribution is 2.24. The van der Waals surface area contributed by atoms with E-state index in [0.717, 1.165) is 18.5 Å². The number of carbonyl (C=O) groups excluding carboxylic acids is 3.